The lowest BCUT2D eigenvalue weighted by atomic mass is 10.1. The van der Waals surface area contributed by atoms with E-state index in [0.717, 1.165) is 19.2 Å². The number of benzene rings is 3. The minimum absolute atomic E-state index is 0.0460. The molecule has 3 rings (SSSR count). The number of rotatable bonds is 9. The maximum absolute atomic E-state index is 12.9. The monoisotopic (exact) mass is 646 g/mol. The van der Waals surface area contributed by atoms with Crippen molar-refractivity contribution in [3.8, 4) is 23.3 Å². The molecule has 180 valence electrons. The highest BCUT2D eigenvalue weighted by Gasteiger charge is 2.16. The maximum atomic E-state index is 12.9. The summed E-state index contributed by atoms with van der Waals surface area (Å²) in [5, 5.41) is 12.4. The molecule has 0 unspecified atom stereocenters. The van der Waals surface area contributed by atoms with Crippen molar-refractivity contribution in [3.63, 3.8) is 0 Å². The van der Waals surface area contributed by atoms with Crippen molar-refractivity contribution < 1.29 is 19.0 Å². The van der Waals surface area contributed by atoms with E-state index >= 15 is 0 Å². The summed E-state index contributed by atoms with van der Waals surface area (Å²) >= 11 is 5.60. The third kappa shape index (κ3) is 7.23. The van der Waals surface area contributed by atoms with Gasteiger partial charge in [0.2, 0.25) is 0 Å². The number of ether oxygens (including phenoxy) is 3. The number of nitrogens with zero attached hydrogens (tertiary/aromatic N) is 1. The minimum Gasteiger partial charge on any atom is -0.495 e. The Kier molecular flexibility index (Phi) is 9.57. The first-order chi connectivity index (χ1) is 16.8. The number of hydrogen-bond acceptors (Lipinski definition) is 5. The van der Waals surface area contributed by atoms with E-state index < -0.39 is 5.91 Å². The zero-order chi connectivity index (χ0) is 25.4. The number of amides is 1. The van der Waals surface area contributed by atoms with Crippen LogP contribution in [-0.4, -0.2) is 19.6 Å². The number of hydrogen-bond donors (Lipinski definition) is 1. The number of carbonyl (C=O) groups excluding carboxylic acids is 1. The van der Waals surface area contributed by atoms with Gasteiger partial charge in [-0.25, -0.2) is 0 Å². The second-order valence-electron chi connectivity index (χ2n) is 7.51. The van der Waals surface area contributed by atoms with Crippen LogP contribution in [0, 0.1) is 21.8 Å². The largest absolute Gasteiger partial charge is 0.495 e. The van der Waals surface area contributed by atoms with Crippen LogP contribution >= 0.6 is 38.5 Å². The molecule has 1 N–H and O–H groups in total. The van der Waals surface area contributed by atoms with Crippen molar-refractivity contribution in [2.45, 2.75) is 20.5 Å². The predicted molar refractivity (Wildman–Crippen MR) is 149 cm³/mol. The highest BCUT2D eigenvalue weighted by molar-refractivity contribution is 14.1. The Morgan fingerprint density at radius 3 is 2.51 bits per heavy atom. The molecule has 0 aliphatic carbocycles. The normalized spacial score (nSPS) is 10.9. The van der Waals surface area contributed by atoms with Crippen molar-refractivity contribution in [3.05, 3.63) is 84.9 Å². The number of carbonyl (C=O) groups is 1. The zero-order valence-corrected chi connectivity index (χ0v) is 23.3. The number of nitriles is 1. The summed E-state index contributed by atoms with van der Waals surface area (Å²) in [4.78, 5) is 12.9. The number of methoxy groups -OCH3 is 1. The van der Waals surface area contributed by atoms with E-state index in [1.165, 1.54) is 13.2 Å². The van der Waals surface area contributed by atoms with Crippen molar-refractivity contribution in [2.75, 3.05) is 19.0 Å². The van der Waals surface area contributed by atoms with Crippen molar-refractivity contribution >= 4 is 56.2 Å². The molecule has 1 amide bonds. The average Bonchev–Trinajstić information content (AvgIpc) is 2.83. The topological polar surface area (TPSA) is 80.6 Å². The van der Waals surface area contributed by atoms with Gasteiger partial charge in [0.05, 0.1) is 23.0 Å². The molecule has 8 heteroatoms. The Morgan fingerprint density at radius 1 is 1.11 bits per heavy atom. The van der Waals surface area contributed by atoms with E-state index in [9.17, 15) is 10.1 Å². The van der Waals surface area contributed by atoms with Gasteiger partial charge in [0.15, 0.2) is 11.5 Å². The zero-order valence-electron chi connectivity index (χ0n) is 19.5. The molecule has 0 bridgehead atoms. The SMILES string of the molecule is CCOc1cc(/C=C(\C#N)C(=O)Nc2cc(C)ccc2OC)cc(I)c1OCc1ccc(Br)cc1. The van der Waals surface area contributed by atoms with E-state index in [-0.39, 0.29) is 5.57 Å². The molecule has 0 spiro atoms. The summed E-state index contributed by atoms with van der Waals surface area (Å²) in [6.07, 6.45) is 1.53. The van der Waals surface area contributed by atoms with E-state index in [1.54, 1.807) is 18.2 Å². The summed E-state index contributed by atoms with van der Waals surface area (Å²) in [6.45, 7) is 4.62. The van der Waals surface area contributed by atoms with Crippen LogP contribution in [0.3, 0.4) is 0 Å². The summed E-state index contributed by atoms with van der Waals surface area (Å²) in [7, 11) is 1.53. The molecule has 0 aliphatic heterocycles. The molecule has 3 aromatic rings. The standard InChI is InChI=1S/C27H24BrIN2O4/c1-4-34-25-14-19(13-22(29)26(25)35-16-18-6-8-21(28)9-7-18)12-20(15-30)27(32)31-23-11-17(2)5-10-24(23)33-3/h5-14H,4,16H2,1-3H3,(H,31,32)/b20-12+. The Hall–Kier alpha value is -3.03. The predicted octanol–water partition coefficient (Wildman–Crippen LogP) is 6.89. The Bertz CT molecular complexity index is 1280. The van der Waals surface area contributed by atoms with Crippen molar-refractivity contribution in [1.82, 2.24) is 0 Å². The van der Waals surface area contributed by atoms with Gasteiger partial charge < -0.3 is 19.5 Å². The number of halogens is 2. The first kappa shape index (κ1) is 26.6. The van der Waals surface area contributed by atoms with Gasteiger partial charge in [0.25, 0.3) is 5.91 Å². The van der Waals surface area contributed by atoms with E-state index in [2.05, 4.69) is 43.8 Å². The van der Waals surface area contributed by atoms with E-state index in [0.29, 0.717) is 41.7 Å². The van der Waals surface area contributed by atoms with Crippen LogP contribution in [0.15, 0.2) is 64.6 Å². The quantitative estimate of drug-likeness (QED) is 0.156. The molecule has 0 atom stereocenters. The molecule has 3 aromatic carbocycles. The van der Waals surface area contributed by atoms with Crippen LogP contribution in [0.1, 0.15) is 23.6 Å². The van der Waals surface area contributed by atoms with Gasteiger partial charge in [0.1, 0.15) is 24.0 Å². The third-order valence-electron chi connectivity index (χ3n) is 4.91. The fourth-order valence-electron chi connectivity index (χ4n) is 3.23. The fourth-order valence-corrected chi connectivity index (χ4v) is 4.28. The van der Waals surface area contributed by atoms with Gasteiger partial charge in [-0.3, -0.25) is 4.79 Å². The molecule has 0 aliphatic rings. The van der Waals surface area contributed by atoms with Crippen LogP contribution in [0.4, 0.5) is 5.69 Å². The smallest absolute Gasteiger partial charge is 0.266 e. The van der Waals surface area contributed by atoms with Crippen LogP contribution in [-0.2, 0) is 11.4 Å². The Labute approximate surface area is 227 Å². The lowest BCUT2D eigenvalue weighted by Gasteiger charge is -2.15. The summed E-state index contributed by atoms with van der Waals surface area (Å²) in [5.74, 6) is 1.14. The Balaban J connectivity index is 1.86. The lowest BCUT2D eigenvalue weighted by molar-refractivity contribution is -0.112. The second-order valence-corrected chi connectivity index (χ2v) is 9.58. The Morgan fingerprint density at radius 2 is 1.86 bits per heavy atom. The molecule has 0 fully saturated rings. The van der Waals surface area contributed by atoms with Gasteiger partial charge in [0, 0.05) is 4.47 Å². The minimum atomic E-state index is -0.528. The van der Waals surface area contributed by atoms with Crippen LogP contribution in [0.2, 0.25) is 0 Å². The van der Waals surface area contributed by atoms with E-state index in [1.807, 2.05) is 56.3 Å². The molecule has 6 nitrogen and oxygen atoms in total. The van der Waals surface area contributed by atoms with Crippen molar-refractivity contribution in [1.29, 1.82) is 5.26 Å². The van der Waals surface area contributed by atoms with E-state index in [4.69, 9.17) is 14.2 Å². The summed E-state index contributed by atoms with van der Waals surface area (Å²) < 4.78 is 19.0. The van der Waals surface area contributed by atoms with Gasteiger partial charge >= 0.3 is 0 Å². The molecule has 0 radical (unpaired) electrons. The highest BCUT2D eigenvalue weighted by Crippen LogP contribution is 2.36. The first-order valence-corrected chi connectivity index (χ1v) is 12.6. The molecule has 35 heavy (non-hydrogen) atoms. The molecular formula is C27H24BrIN2O4. The lowest BCUT2D eigenvalue weighted by Crippen LogP contribution is -2.14. The van der Waals surface area contributed by atoms with Gasteiger partial charge in [-0.05, 0) is 95.6 Å². The molecular weight excluding hydrogens is 623 g/mol. The average molecular weight is 647 g/mol. The number of aryl methyl sites for hydroxylation is 1. The summed E-state index contributed by atoms with van der Waals surface area (Å²) in [5.41, 5.74) is 3.08. The van der Waals surface area contributed by atoms with Crippen LogP contribution < -0.4 is 19.5 Å². The van der Waals surface area contributed by atoms with Crippen LogP contribution in [0.25, 0.3) is 6.08 Å². The number of anilines is 1. The maximum Gasteiger partial charge on any atom is 0.266 e. The van der Waals surface area contributed by atoms with Crippen molar-refractivity contribution in [2.24, 2.45) is 0 Å². The molecule has 0 saturated heterocycles. The second kappa shape index (κ2) is 12.6. The molecule has 0 aromatic heterocycles. The fraction of sp³-hybridized carbons (Fsp3) is 0.185. The first-order valence-electron chi connectivity index (χ1n) is 10.8. The van der Waals surface area contributed by atoms with Gasteiger partial charge in [-0.1, -0.05) is 34.1 Å². The molecule has 0 saturated carbocycles. The van der Waals surface area contributed by atoms with Gasteiger partial charge in [-0.2, -0.15) is 5.26 Å². The summed E-state index contributed by atoms with van der Waals surface area (Å²) in [6, 6.07) is 18.9. The van der Waals surface area contributed by atoms with Crippen LogP contribution in [0.5, 0.6) is 17.2 Å². The third-order valence-corrected chi connectivity index (χ3v) is 6.24. The molecule has 0 heterocycles. The number of nitrogens with one attached hydrogen (secondary N) is 1. The highest BCUT2D eigenvalue weighted by atomic mass is 127. The van der Waals surface area contributed by atoms with Gasteiger partial charge in [-0.15, -0.1) is 0 Å².